The topological polar surface area (TPSA) is 38.7 Å². The van der Waals surface area contributed by atoms with Crippen molar-refractivity contribution in [1.29, 1.82) is 0 Å². The van der Waals surface area contributed by atoms with Crippen molar-refractivity contribution in [2.75, 3.05) is 5.75 Å². The van der Waals surface area contributed by atoms with E-state index in [0.717, 1.165) is 31.0 Å². The number of benzene rings is 1. The Labute approximate surface area is 156 Å². The lowest BCUT2D eigenvalue weighted by molar-refractivity contribution is -0.432. The standard InChI is InChI=1S/C17H18F4O3S2/c18-11-13(20)16(26-24-23-22)14(21)12(19)15(11)25-7-17-4-8-1-9(5-17)3-10(2-8)6-17/h8-10,22H,1-7H2. The second-order valence-corrected chi connectivity index (χ2v) is 9.54. The molecule has 0 heterocycles. The lowest BCUT2D eigenvalue weighted by Gasteiger charge is -2.56. The minimum Gasteiger partial charge on any atom is -0.220 e. The van der Waals surface area contributed by atoms with Gasteiger partial charge < -0.3 is 0 Å². The molecule has 1 aromatic rings. The van der Waals surface area contributed by atoms with E-state index in [9.17, 15) is 17.6 Å². The van der Waals surface area contributed by atoms with Crippen LogP contribution in [0.5, 0.6) is 0 Å². The molecule has 26 heavy (non-hydrogen) atoms. The van der Waals surface area contributed by atoms with Crippen LogP contribution in [0.25, 0.3) is 0 Å². The van der Waals surface area contributed by atoms with Gasteiger partial charge in [0, 0.05) is 5.75 Å². The third-order valence-electron chi connectivity index (χ3n) is 6.02. The third kappa shape index (κ3) is 3.26. The number of hydrogen-bond donors (Lipinski definition) is 1. The van der Waals surface area contributed by atoms with Gasteiger partial charge in [0.1, 0.15) is 4.90 Å². The highest BCUT2D eigenvalue weighted by Crippen LogP contribution is 2.61. The SMILES string of the molecule is OOOSc1c(F)c(F)c(SCC23CC4CC(CC(C4)C2)C3)c(F)c1F. The van der Waals surface area contributed by atoms with Crippen LogP contribution in [0.15, 0.2) is 9.79 Å². The Bertz CT molecular complexity index is 651. The van der Waals surface area contributed by atoms with E-state index in [0.29, 0.717) is 23.5 Å². The highest BCUT2D eigenvalue weighted by Gasteiger charge is 2.50. The lowest BCUT2D eigenvalue weighted by Crippen LogP contribution is -2.47. The molecule has 4 aliphatic rings. The van der Waals surface area contributed by atoms with Gasteiger partial charge >= 0.3 is 0 Å². The molecule has 144 valence electrons. The van der Waals surface area contributed by atoms with E-state index in [4.69, 9.17) is 5.26 Å². The molecule has 0 aromatic heterocycles. The summed E-state index contributed by atoms with van der Waals surface area (Å²) in [6.45, 7) is 0. The van der Waals surface area contributed by atoms with Gasteiger partial charge in [0.05, 0.1) is 16.9 Å². The quantitative estimate of drug-likeness (QED) is 0.156. The van der Waals surface area contributed by atoms with Gasteiger partial charge in [0.2, 0.25) is 0 Å². The number of rotatable bonds is 6. The summed E-state index contributed by atoms with van der Waals surface area (Å²) in [5.41, 5.74) is 0.0203. The molecule has 4 fully saturated rings. The zero-order chi connectivity index (χ0) is 18.5. The van der Waals surface area contributed by atoms with Gasteiger partial charge in [0.25, 0.3) is 0 Å². The predicted octanol–water partition coefficient (Wildman–Crippen LogP) is 5.98. The molecule has 1 aromatic carbocycles. The Balaban J connectivity index is 1.55. The molecule has 0 spiro atoms. The fourth-order valence-electron chi connectivity index (χ4n) is 5.53. The van der Waals surface area contributed by atoms with Crippen LogP contribution in [-0.4, -0.2) is 11.0 Å². The smallest absolute Gasteiger partial charge is 0.179 e. The van der Waals surface area contributed by atoms with Crippen molar-refractivity contribution in [2.24, 2.45) is 23.2 Å². The lowest BCUT2D eigenvalue weighted by atomic mass is 9.50. The first-order valence-electron chi connectivity index (χ1n) is 8.56. The van der Waals surface area contributed by atoms with Gasteiger partial charge in [-0.25, -0.2) is 22.8 Å². The van der Waals surface area contributed by atoms with Gasteiger partial charge in [-0.05, 0) is 61.7 Å². The van der Waals surface area contributed by atoms with Crippen LogP contribution in [0, 0.1) is 46.4 Å². The van der Waals surface area contributed by atoms with E-state index >= 15 is 0 Å². The maximum Gasteiger partial charge on any atom is 0.179 e. The fourth-order valence-corrected chi connectivity index (χ4v) is 7.19. The Kier molecular flexibility index (Phi) is 5.20. The van der Waals surface area contributed by atoms with Gasteiger partial charge in [0.15, 0.2) is 23.3 Å². The van der Waals surface area contributed by atoms with E-state index in [1.165, 1.54) is 19.3 Å². The largest absolute Gasteiger partial charge is 0.220 e. The van der Waals surface area contributed by atoms with Crippen LogP contribution in [0.2, 0.25) is 0 Å². The molecule has 9 heteroatoms. The predicted molar refractivity (Wildman–Crippen MR) is 88.3 cm³/mol. The molecular weight excluding hydrogens is 392 g/mol. The number of halogens is 4. The fraction of sp³-hybridized carbons (Fsp3) is 0.647. The van der Waals surface area contributed by atoms with E-state index in [-0.39, 0.29) is 17.5 Å². The summed E-state index contributed by atoms with van der Waals surface area (Å²) in [7, 11) is 0. The molecule has 0 atom stereocenters. The van der Waals surface area contributed by atoms with Gasteiger partial charge in [-0.1, -0.05) is 5.04 Å². The maximum absolute atomic E-state index is 14.3. The summed E-state index contributed by atoms with van der Waals surface area (Å²) in [5, 5.41) is 11.3. The number of hydrogen-bond acceptors (Lipinski definition) is 5. The Hall–Kier alpha value is -0.480. The summed E-state index contributed by atoms with van der Waals surface area (Å²) in [6, 6.07) is 0. The zero-order valence-corrected chi connectivity index (χ0v) is 15.4. The molecular formula is C17H18F4O3S2. The first-order chi connectivity index (χ1) is 12.4. The van der Waals surface area contributed by atoms with Crippen LogP contribution in [0.3, 0.4) is 0 Å². The average molecular weight is 410 g/mol. The van der Waals surface area contributed by atoms with Crippen LogP contribution < -0.4 is 0 Å². The van der Waals surface area contributed by atoms with Crippen LogP contribution in [0.4, 0.5) is 17.6 Å². The van der Waals surface area contributed by atoms with E-state index in [1.807, 2.05) is 0 Å². The minimum absolute atomic E-state index is 0.0203. The van der Waals surface area contributed by atoms with E-state index in [2.05, 4.69) is 9.37 Å². The van der Waals surface area contributed by atoms with Crippen molar-refractivity contribution >= 4 is 23.8 Å². The summed E-state index contributed by atoms with van der Waals surface area (Å²) >= 11 is 0.727. The second-order valence-electron chi connectivity index (χ2n) is 7.85. The highest BCUT2D eigenvalue weighted by atomic mass is 32.2. The molecule has 0 unspecified atom stereocenters. The van der Waals surface area contributed by atoms with Crippen molar-refractivity contribution < 1.29 is 32.2 Å². The summed E-state index contributed by atoms with van der Waals surface area (Å²) < 4.78 is 60.7. The van der Waals surface area contributed by atoms with E-state index < -0.39 is 33.1 Å². The van der Waals surface area contributed by atoms with Gasteiger partial charge in [-0.3, -0.25) is 0 Å². The molecule has 4 aliphatic carbocycles. The Morgan fingerprint density at radius 1 is 0.846 bits per heavy atom. The first kappa shape index (κ1) is 18.9. The molecule has 5 rings (SSSR count). The van der Waals surface area contributed by atoms with Gasteiger partial charge in [-0.2, -0.15) is 0 Å². The summed E-state index contributed by atoms with van der Waals surface area (Å²) in [6.07, 6.45) is 6.85. The molecule has 0 aliphatic heterocycles. The monoisotopic (exact) mass is 410 g/mol. The third-order valence-corrected chi connectivity index (χ3v) is 8.08. The summed E-state index contributed by atoms with van der Waals surface area (Å²) in [4.78, 5) is -1.67. The van der Waals surface area contributed by atoms with Crippen LogP contribution in [0.1, 0.15) is 38.5 Å². The molecule has 0 saturated heterocycles. The minimum atomic E-state index is -1.56. The molecule has 1 N–H and O–H groups in total. The highest BCUT2D eigenvalue weighted by molar-refractivity contribution is 7.99. The van der Waals surface area contributed by atoms with Crippen molar-refractivity contribution in [2.45, 2.75) is 48.3 Å². The molecule has 0 radical (unpaired) electrons. The second kappa shape index (κ2) is 7.16. The van der Waals surface area contributed by atoms with Crippen LogP contribution in [-0.2, 0) is 9.37 Å². The number of thioether (sulfide) groups is 1. The molecule has 4 bridgehead atoms. The Morgan fingerprint density at radius 3 is 1.77 bits per heavy atom. The Morgan fingerprint density at radius 2 is 1.31 bits per heavy atom. The molecule has 3 nitrogen and oxygen atoms in total. The first-order valence-corrected chi connectivity index (χ1v) is 10.3. The zero-order valence-electron chi connectivity index (χ0n) is 13.8. The molecule has 4 saturated carbocycles. The van der Waals surface area contributed by atoms with Crippen LogP contribution >= 0.6 is 23.8 Å². The average Bonchev–Trinajstić information content (AvgIpc) is 2.59. The molecule has 0 amide bonds. The normalized spacial score (nSPS) is 32.4. The van der Waals surface area contributed by atoms with Crippen molar-refractivity contribution in [3.05, 3.63) is 23.3 Å². The maximum atomic E-state index is 14.3. The summed E-state index contributed by atoms with van der Waals surface area (Å²) in [5.74, 6) is -3.49. The van der Waals surface area contributed by atoms with E-state index in [1.54, 1.807) is 0 Å². The van der Waals surface area contributed by atoms with Crippen molar-refractivity contribution in [1.82, 2.24) is 0 Å². The van der Waals surface area contributed by atoms with Crippen molar-refractivity contribution in [3.63, 3.8) is 0 Å². The van der Waals surface area contributed by atoms with Gasteiger partial charge in [-0.15, -0.1) is 16.1 Å². The van der Waals surface area contributed by atoms with Crippen molar-refractivity contribution in [3.8, 4) is 0 Å².